The van der Waals surface area contributed by atoms with Crippen molar-refractivity contribution in [2.24, 2.45) is 5.84 Å². The van der Waals surface area contributed by atoms with Crippen molar-refractivity contribution in [1.29, 1.82) is 0 Å². The predicted molar refractivity (Wildman–Crippen MR) is 120 cm³/mol. The molecule has 1 fully saturated rings. The molecule has 31 heavy (non-hydrogen) atoms. The Morgan fingerprint density at radius 2 is 1.97 bits per heavy atom. The van der Waals surface area contributed by atoms with Gasteiger partial charge in [-0.1, -0.05) is 30.3 Å². The maximum absolute atomic E-state index is 12.1. The molecule has 3 aromatic rings. The minimum absolute atomic E-state index is 0.0577. The second kappa shape index (κ2) is 9.77. The molecule has 4 rings (SSSR count). The summed E-state index contributed by atoms with van der Waals surface area (Å²) < 4.78 is 5.84. The number of carbonyl (C=O) groups is 1. The Morgan fingerprint density at radius 3 is 2.61 bits per heavy atom. The van der Waals surface area contributed by atoms with Crippen LogP contribution in [0, 0.1) is 0 Å². The van der Waals surface area contributed by atoms with Crippen molar-refractivity contribution in [2.75, 3.05) is 17.8 Å². The molecule has 0 saturated heterocycles. The number of hydrazine groups is 1. The average molecular weight is 423 g/mol. The summed E-state index contributed by atoms with van der Waals surface area (Å²) in [6.07, 6.45) is 2.53. The minimum Gasteiger partial charge on any atom is -0.493 e. The third-order valence-corrected chi connectivity index (χ3v) is 4.90. The van der Waals surface area contributed by atoms with Gasteiger partial charge in [0.05, 0.1) is 12.2 Å². The number of nitrogens with zero attached hydrogens (tertiary/aromatic N) is 1. The molecule has 0 atom stereocenters. The molecule has 0 spiro atoms. The van der Waals surface area contributed by atoms with Crippen LogP contribution in [-0.2, 0) is 4.79 Å². The second-order valence-corrected chi connectivity index (χ2v) is 6.97. The molecule has 0 bridgehead atoms. The monoisotopic (exact) mass is 423 g/mol. The van der Waals surface area contributed by atoms with Gasteiger partial charge < -0.3 is 26.0 Å². The van der Waals surface area contributed by atoms with Crippen molar-refractivity contribution in [1.82, 2.24) is 9.97 Å². The Morgan fingerprint density at radius 1 is 1.26 bits per heavy atom. The number of benzene rings is 2. The van der Waals surface area contributed by atoms with Crippen LogP contribution in [0.25, 0.3) is 22.5 Å². The molecule has 0 aliphatic heterocycles. The van der Waals surface area contributed by atoms with Gasteiger partial charge in [0.25, 0.3) is 12.0 Å². The molecule has 1 saturated carbocycles. The molecule has 1 aromatic heterocycles. The summed E-state index contributed by atoms with van der Waals surface area (Å²) in [6.45, 7) is 2.15. The van der Waals surface area contributed by atoms with Gasteiger partial charge in [0, 0.05) is 0 Å². The lowest BCUT2D eigenvalue weighted by Crippen LogP contribution is -2.20. The quantitative estimate of drug-likeness (QED) is 0.230. The third kappa shape index (κ3) is 5.01. The maximum Gasteiger partial charge on any atom is 0.290 e. The van der Waals surface area contributed by atoms with E-state index < -0.39 is 5.56 Å². The molecular formula is C22H25N5O4. The van der Waals surface area contributed by atoms with Gasteiger partial charge in [-0.3, -0.25) is 9.59 Å². The highest BCUT2D eigenvalue weighted by atomic mass is 16.5. The Bertz CT molecular complexity index is 1130. The van der Waals surface area contributed by atoms with Gasteiger partial charge in [-0.2, -0.15) is 0 Å². The highest BCUT2D eigenvalue weighted by Gasteiger charge is 2.23. The van der Waals surface area contributed by atoms with Gasteiger partial charge >= 0.3 is 0 Å². The second-order valence-electron chi connectivity index (χ2n) is 6.97. The minimum atomic E-state index is -0.457. The van der Waals surface area contributed by atoms with Gasteiger partial charge in [-0.05, 0) is 54.5 Å². The van der Waals surface area contributed by atoms with E-state index in [0.717, 1.165) is 11.1 Å². The highest BCUT2D eigenvalue weighted by Crippen LogP contribution is 2.41. The topological polar surface area (TPSA) is 156 Å². The highest BCUT2D eigenvalue weighted by molar-refractivity contribution is 5.75. The lowest BCUT2D eigenvalue weighted by molar-refractivity contribution is -0.122. The van der Waals surface area contributed by atoms with Crippen LogP contribution >= 0.6 is 0 Å². The van der Waals surface area contributed by atoms with Crippen LogP contribution in [0.1, 0.15) is 31.2 Å². The van der Waals surface area contributed by atoms with Crippen molar-refractivity contribution < 1.29 is 14.6 Å². The number of nitrogens with two attached hydrogens (primary N) is 2. The van der Waals surface area contributed by atoms with Crippen LogP contribution in [0.4, 0.5) is 11.5 Å². The van der Waals surface area contributed by atoms with E-state index in [0.29, 0.717) is 29.7 Å². The smallest absolute Gasteiger partial charge is 0.290 e. The molecule has 162 valence electrons. The summed E-state index contributed by atoms with van der Waals surface area (Å²) in [5.74, 6) is 7.22. The molecule has 1 heterocycles. The summed E-state index contributed by atoms with van der Waals surface area (Å²) >= 11 is 0. The van der Waals surface area contributed by atoms with Crippen molar-refractivity contribution in [3.63, 3.8) is 0 Å². The largest absolute Gasteiger partial charge is 0.493 e. The van der Waals surface area contributed by atoms with Crippen LogP contribution in [0.3, 0.4) is 0 Å². The van der Waals surface area contributed by atoms with Gasteiger partial charge in [-0.15, -0.1) is 0 Å². The van der Waals surface area contributed by atoms with E-state index in [4.69, 9.17) is 26.2 Å². The molecule has 9 nitrogen and oxygen atoms in total. The number of aromatic nitrogens is 2. The number of H-pyrrole nitrogens is 1. The Kier molecular flexibility index (Phi) is 6.88. The van der Waals surface area contributed by atoms with Gasteiger partial charge in [-0.25, -0.2) is 10.8 Å². The number of nitrogens with one attached hydrogen (secondary N) is 2. The van der Waals surface area contributed by atoms with Crippen molar-refractivity contribution in [3.05, 3.63) is 58.4 Å². The summed E-state index contributed by atoms with van der Waals surface area (Å²) in [7, 11) is 0. The van der Waals surface area contributed by atoms with E-state index >= 15 is 0 Å². The predicted octanol–water partition coefficient (Wildman–Crippen LogP) is 2.95. The fraction of sp³-hybridized carbons (Fsp3) is 0.227. The van der Waals surface area contributed by atoms with Crippen LogP contribution in [0.5, 0.6) is 5.75 Å². The van der Waals surface area contributed by atoms with Crippen LogP contribution in [-0.4, -0.2) is 28.2 Å². The first-order chi connectivity index (χ1) is 15.0. The van der Waals surface area contributed by atoms with Crippen LogP contribution in [0.2, 0.25) is 0 Å². The van der Waals surface area contributed by atoms with E-state index in [9.17, 15) is 4.79 Å². The van der Waals surface area contributed by atoms with Crippen LogP contribution < -0.4 is 27.3 Å². The molecule has 0 amide bonds. The summed E-state index contributed by atoms with van der Waals surface area (Å²) in [5.41, 5.74) is 11.8. The number of aromatic amines is 1. The van der Waals surface area contributed by atoms with Crippen LogP contribution in [0.15, 0.2) is 47.3 Å². The number of rotatable bonds is 6. The third-order valence-electron chi connectivity index (χ3n) is 4.90. The SMILES string of the molecule is CCOc1cc(-c2cccc(C3CC3)c2)ccc1-c1nc(NN)c(N)c(=O)[nH]1.O=CO. The molecule has 7 N–H and O–H groups in total. The Hall–Kier alpha value is -3.85. The number of hydrogen-bond donors (Lipinski definition) is 5. The molecule has 1 aliphatic rings. The number of nitrogen functional groups attached to an aromatic ring is 2. The van der Waals surface area contributed by atoms with E-state index in [1.54, 1.807) is 0 Å². The fourth-order valence-corrected chi connectivity index (χ4v) is 3.28. The summed E-state index contributed by atoms with van der Waals surface area (Å²) in [5, 5.41) is 6.89. The normalized spacial score (nSPS) is 12.5. The number of anilines is 2. The Labute approximate surface area is 179 Å². The Balaban J connectivity index is 0.000000858. The van der Waals surface area contributed by atoms with Crippen molar-refractivity contribution in [2.45, 2.75) is 25.7 Å². The van der Waals surface area contributed by atoms with E-state index in [2.05, 4.69) is 39.7 Å². The van der Waals surface area contributed by atoms with Crippen molar-refractivity contribution >= 4 is 18.0 Å². The number of hydrogen-bond acceptors (Lipinski definition) is 7. The van der Waals surface area contributed by atoms with Crippen molar-refractivity contribution in [3.8, 4) is 28.3 Å². The first kappa shape index (κ1) is 21.8. The number of carboxylic acid groups (broad SMARTS) is 1. The zero-order valence-electron chi connectivity index (χ0n) is 17.1. The van der Waals surface area contributed by atoms with Gasteiger partial charge in [0.15, 0.2) is 5.82 Å². The molecular weight excluding hydrogens is 398 g/mol. The lowest BCUT2D eigenvalue weighted by Gasteiger charge is -2.14. The van der Waals surface area contributed by atoms with Gasteiger partial charge in [0.2, 0.25) is 0 Å². The van der Waals surface area contributed by atoms with E-state index in [-0.39, 0.29) is 18.0 Å². The molecule has 0 unspecified atom stereocenters. The van der Waals surface area contributed by atoms with Gasteiger partial charge in [0.1, 0.15) is 17.3 Å². The average Bonchev–Trinajstić information content (AvgIpc) is 3.62. The standard InChI is InChI=1S/C21H23N5O2.CH2O2/c1-2-28-17-11-15(14-5-3-4-13(10-14)12-6-7-12)8-9-16(17)19-24-20(26-23)18(22)21(27)25-19;2-1-3/h3-5,8-12H,2,6-7,22-23H2,1H3,(H2,24,25,26,27);1H,(H,2,3). The zero-order valence-corrected chi connectivity index (χ0v) is 17.1. The summed E-state index contributed by atoms with van der Waals surface area (Å²) in [6, 6.07) is 14.5. The maximum atomic E-state index is 12.1. The molecule has 2 aromatic carbocycles. The van der Waals surface area contributed by atoms with E-state index in [1.807, 2.05) is 25.1 Å². The fourth-order valence-electron chi connectivity index (χ4n) is 3.28. The first-order valence-corrected chi connectivity index (χ1v) is 9.84. The first-order valence-electron chi connectivity index (χ1n) is 9.84. The van der Waals surface area contributed by atoms with E-state index in [1.165, 1.54) is 18.4 Å². The zero-order chi connectivity index (χ0) is 22.4. The number of ether oxygens (including phenoxy) is 1. The molecule has 9 heteroatoms. The summed E-state index contributed by atoms with van der Waals surface area (Å²) in [4.78, 5) is 27.5. The molecule has 0 radical (unpaired) electrons. The molecule has 1 aliphatic carbocycles. The lowest BCUT2D eigenvalue weighted by atomic mass is 9.99.